The van der Waals surface area contributed by atoms with Gasteiger partial charge in [0, 0.05) is 12.8 Å². The lowest BCUT2D eigenvalue weighted by Crippen LogP contribution is -2.07. The first kappa shape index (κ1) is 27.9. The van der Waals surface area contributed by atoms with Gasteiger partial charge in [-0.05, 0) is 37.5 Å². The highest BCUT2D eigenvalue weighted by Gasteiger charge is 2.04. The molecule has 0 saturated carbocycles. The zero-order valence-electron chi connectivity index (χ0n) is 19.8. The molecule has 29 heavy (non-hydrogen) atoms. The summed E-state index contributed by atoms with van der Waals surface area (Å²) in [5, 5.41) is 0. The molecule has 0 aliphatic carbocycles. The maximum atomic E-state index is 11.6. The Morgan fingerprint density at radius 3 is 1.07 bits per heavy atom. The van der Waals surface area contributed by atoms with Crippen LogP contribution in [-0.4, -0.2) is 25.2 Å². The van der Waals surface area contributed by atoms with Crippen LogP contribution < -0.4 is 0 Å². The van der Waals surface area contributed by atoms with Crippen molar-refractivity contribution in [3.63, 3.8) is 0 Å². The first-order valence-electron chi connectivity index (χ1n) is 12.2. The summed E-state index contributed by atoms with van der Waals surface area (Å²) >= 11 is 0. The molecule has 0 fully saturated rings. The number of ether oxygens (including phenoxy) is 2. The Morgan fingerprint density at radius 2 is 0.793 bits per heavy atom. The molecule has 172 valence electrons. The van der Waals surface area contributed by atoms with Crippen molar-refractivity contribution in [2.45, 2.75) is 124 Å². The summed E-state index contributed by atoms with van der Waals surface area (Å²) in [5.74, 6) is 1.11. The van der Waals surface area contributed by atoms with Crippen LogP contribution in [0.25, 0.3) is 0 Å². The third-order valence-corrected chi connectivity index (χ3v) is 5.18. The number of carbonyl (C=O) groups excluding carboxylic acids is 2. The maximum Gasteiger partial charge on any atom is 0.305 e. The van der Waals surface area contributed by atoms with Gasteiger partial charge >= 0.3 is 11.9 Å². The molecule has 0 aromatic rings. The SMILES string of the molecule is CC(C)CCOC(=O)CCCCCCCCCCCCCC(=O)OCCC(C)C. The largest absolute Gasteiger partial charge is 0.466 e. The molecule has 0 bridgehead atoms. The van der Waals surface area contributed by atoms with Gasteiger partial charge in [-0.15, -0.1) is 0 Å². The topological polar surface area (TPSA) is 52.6 Å². The van der Waals surface area contributed by atoms with E-state index in [1.54, 1.807) is 0 Å². The molecule has 0 radical (unpaired) electrons. The second kappa shape index (κ2) is 20.2. The van der Waals surface area contributed by atoms with Crippen molar-refractivity contribution >= 4 is 11.9 Å². The fourth-order valence-electron chi connectivity index (χ4n) is 3.09. The van der Waals surface area contributed by atoms with Crippen molar-refractivity contribution in [3.8, 4) is 0 Å². The van der Waals surface area contributed by atoms with E-state index < -0.39 is 0 Å². The molecular weight excluding hydrogens is 364 g/mol. The number of rotatable bonds is 20. The Bertz CT molecular complexity index is 354. The van der Waals surface area contributed by atoms with Gasteiger partial charge in [0.05, 0.1) is 13.2 Å². The maximum absolute atomic E-state index is 11.6. The lowest BCUT2D eigenvalue weighted by molar-refractivity contribution is -0.145. The summed E-state index contributed by atoms with van der Waals surface area (Å²) in [6.07, 6.45) is 16.1. The quantitative estimate of drug-likeness (QED) is 0.156. The van der Waals surface area contributed by atoms with Gasteiger partial charge in [-0.1, -0.05) is 85.5 Å². The Balaban J connectivity index is 3.22. The smallest absolute Gasteiger partial charge is 0.305 e. The number of unbranched alkanes of at least 4 members (excludes halogenated alkanes) is 10. The molecule has 0 aliphatic rings. The Labute approximate surface area is 180 Å². The van der Waals surface area contributed by atoms with Crippen LogP contribution in [0.5, 0.6) is 0 Å². The van der Waals surface area contributed by atoms with Crippen LogP contribution >= 0.6 is 0 Å². The summed E-state index contributed by atoms with van der Waals surface area (Å²) in [6, 6.07) is 0. The average Bonchev–Trinajstić information content (AvgIpc) is 2.64. The van der Waals surface area contributed by atoms with Crippen molar-refractivity contribution < 1.29 is 19.1 Å². The van der Waals surface area contributed by atoms with E-state index in [0.29, 0.717) is 37.9 Å². The van der Waals surface area contributed by atoms with E-state index in [1.807, 2.05) is 0 Å². The standard InChI is InChI=1S/C25H48O4/c1-22(2)18-20-28-24(26)16-14-12-10-8-6-5-7-9-11-13-15-17-25(27)29-21-19-23(3)4/h22-23H,5-21H2,1-4H3. The number of hydrogen-bond donors (Lipinski definition) is 0. The molecule has 0 amide bonds. The second-order valence-corrected chi connectivity index (χ2v) is 9.20. The van der Waals surface area contributed by atoms with Crippen LogP contribution in [0.2, 0.25) is 0 Å². The summed E-state index contributed by atoms with van der Waals surface area (Å²) in [6.45, 7) is 9.70. The Hall–Kier alpha value is -1.06. The fraction of sp³-hybridized carbons (Fsp3) is 0.920. The minimum Gasteiger partial charge on any atom is -0.466 e. The van der Waals surface area contributed by atoms with Crippen LogP contribution in [0.3, 0.4) is 0 Å². The lowest BCUT2D eigenvalue weighted by atomic mass is 10.0. The average molecular weight is 413 g/mol. The molecular formula is C25H48O4. The fourth-order valence-corrected chi connectivity index (χ4v) is 3.09. The summed E-state index contributed by atoms with van der Waals surface area (Å²) in [7, 11) is 0. The highest BCUT2D eigenvalue weighted by atomic mass is 16.5. The summed E-state index contributed by atoms with van der Waals surface area (Å²) in [4.78, 5) is 23.1. The zero-order chi connectivity index (χ0) is 21.7. The summed E-state index contributed by atoms with van der Waals surface area (Å²) in [5.41, 5.74) is 0. The van der Waals surface area contributed by atoms with Crippen molar-refractivity contribution in [1.29, 1.82) is 0 Å². The van der Waals surface area contributed by atoms with Gasteiger partial charge in [0.15, 0.2) is 0 Å². The second-order valence-electron chi connectivity index (χ2n) is 9.20. The van der Waals surface area contributed by atoms with Crippen molar-refractivity contribution in [3.05, 3.63) is 0 Å². The Morgan fingerprint density at radius 1 is 0.517 bits per heavy atom. The van der Waals surface area contributed by atoms with Crippen molar-refractivity contribution in [2.24, 2.45) is 11.8 Å². The number of hydrogen-bond acceptors (Lipinski definition) is 4. The van der Waals surface area contributed by atoms with Gasteiger partial charge in [0.2, 0.25) is 0 Å². The van der Waals surface area contributed by atoms with E-state index in [-0.39, 0.29) is 11.9 Å². The number of esters is 2. The first-order valence-corrected chi connectivity index (χ1v) is 12.2. The van der Waals surface area contributed by atoms with Gasteiger partial charge in [-0.25, -0.2) is 0 Å². The molecule has 0 aliphatic heterocycles. The molecule has 0 spiro atoms. The van der Waals surface area contributed by atoms with Crippen LogP contribution in [0.15, 0.2) is 0 Å². The van der Waals surface area contributed by atoms with Crippen LogP contribution in [0.4, 0.5) is 0 Å². The molecule has 0 aromatic heterocycles. The zero-order valence-corrected chi connectivity index (χ0v) is 19.8. The molecule has 0 saturated heterocycles. The van der Waals surface area contributed by atoms with Gasteiger partial charge < -0.3 is 9.47 Å². The third kappa shape index (κ3) is 23.1. The minimum atomic E-state index is -0.0329. The van der Waals surface area contributed by atoms with Crippen LogP contribution in [0, 0.1) is 11.8 Å². The first-order chi connectivity index (χ1) is 13.9. The number of carbonyl (C=O) groups is 2. The Kier molecular flexibility index (Phi) is 19.5. The molecule has 0 atom stereocenters. The van der Waals surface area contributed by atoms with Gasteiger partial charge in [-0.2, -0.15) is 0 Å². The predicted molar refractivity (Wildman–Crippen MR) is 121 cm³/mol. The van der Waals surface area contributed by atoms with E-state index >= 15 is 0 Å². The predicted octanol–water partition coefficient (Wildman–Crippen LogP) is 7.24. The molecule has 0 unspecified atom stereocenters. The normalized spacial score (nSPS) is 11.2. The highest BCUT2D eigenvalue weighted by Crippen LogP contribution is 2.13. The van der Waals surface area contributed by atoms with Gasteiger partial charge in [0.1, 0.15) is 0 Å². The third-order valence-electron chi connectivity index (χ3n) is 5.18. The van der Waals surface area contributed by atoms with Crippen LogP contribution in [-0.2, 0) is 19.1 Å². The minimum absolute atomic E-state index is 0.0329. The lowest BCUT2D eigenvalue weighted by Gasteiger charge is -2.07. The van der Waals surface area contributed by atoms with E-state index in [0.717, 1.165) is 38.5 Å². The van der Waals surface area contributed by atoms with Crippen LogP contribution in [0.1, 0.15) is 124 Å². The highest BCUT2D eigenvalue weighted by molar-refractivity contribution is 5.69. The summed E-state index contributed by atoms with van der Waals surface area (Å²) < 4.78 is 10.5. The van der Waals surface area contributed by atoms with E-state index in [9.17, 15) is 9.59 Å². The molecule has 0 rings (SSSR count). The monoisotopic (exact) mass is 412 g/mol. The van der Waals surface area contributed by atoms with Gasteiger partial charge in [0.25, 0.3) is 0 Å². The van der Waals surface area contributed by atoms with E-state index in [1.165, 1.54) is 44.9 Å². The van der Waals surface area contributed by atoms with Gasteiger partial charge in [-0.3, -0.25) is 9.59 Å². The van der Waals surface area contributed by atoms with Crippen molar-refractivity contribution in [1.82, 2.24) is 0 Å². The molecule has 0 N–H and O–H groups in total. The van der Waals surface area contributed by atoms with E-state index in [4.69, 9.17) is 9.47 Å². The molecule has 4 nitrogen and oxygen atoms in total. The molecule has 0 heterocycles. The molecule has 4 heteroatoms. The van der Waals surface area contributed by atoms with E-state index in [2.05, 4.69) is 27.7 Å². The van der Waals surface area contributed by atoms with Crippen molar-refractivity contribution in [2.75, 3.05) is 13.2 Å². The molecule has 0 aromatic carbocycles.